The Morgan fingerprint density at radius 1 is 0.905 bits per heavy atom. The summed E-state index contributed by atoms with van der Waals surface area (Å²) in [4.78, 5) is 0. The van der Waals surface area contributed by atoms with Gasteiger partial charge in [-0.2, -0.15) is 0 Å². The van der Waals surface area contributed by atoms with Crippen LogP contribution in [0.15, 0.2) is 24.3 Å². The summed E-state index contributed by atoms with van der Waals surface area (Å²) >= 11 is 0. The van der Waals surface area contributed by atoms with E-state index in [1.165, 1.54) is 0 Å². The Hall–Kier alpha value is -0.640. The highest BCUT2D eigenvalue weighted by atomic mass is 16.6. The first kappa shape index (κ1) is 16.7. The molecule has 2 heterocycles. The molecule has 2 aliphatic rings. The largest absolute Gasteiger partial charge is 0.370 e. The molecule has 21 heavy (non-hydrogen) atoms. The van der Waals surface area contributed by atoms with Crippen LogP contribution in [0.5, 0.6) is 0 Å². The van der Waals surface area contributed by atoms with Crippen molar-refractivity contribution in [3.8, 4) is 0 Å². The lowest BCUT2D eigenvalue weighted by molar-refractivity contribution is -0.136. The normalized spacial score (nSPS) is 30.5. The van der Waals surface area contributed by atoms with Gasteiger partial charge in [0, 0.05) is 0 Å². The fraction of sp³-hybridized carbons (Fsp3) is 0.778. The minimum atomic E-state index is -0.315. The number of epoxide rings is 2. The van der Waals surface area contributed by atoms with Gasteiger partial charge in [0.25, 0.3) is 0 Å². The van der Waals surface area contributed by atoms with Gasteiger partial charge >= 0.3 is 0 Å². The average Bonchev–Trinajstić information content (AvgIpc) is 3.31. The Morgan fingerprint density at radius 2 is 1.29 bits per heavy atom. The van der Waals surface area contributed by atoms with Crippen molar-refractivity contribution in [2.75, 3.05) is 13.2 Å². The molecule has 0 aliphatic carbocycles. The van der Waals surface area contributed by atoms with Crippen molar-refractivity contribution in [2.45, 2.75) is 76.8 Å². The van der Waals surface area contributed by atoms with E-state index in [0.29, 0.717) is 0 Å². The fourth-order valence-electron chi connectivity index (χ4n) is 3.36. The van der Waals surface area contributed by atoms with Crippen LogP contribution in [0.2, 0.25) is 0 Å². The van der Waals surface area contributed by atoms with E-state index in [1.807, 2.05) is 0 Å². The van der Waals surface area contributed by atoms with Crippen LogP contribution in [-0.4, -0.2) is 36.6 Å². The van der Waals surface area contributed by atoms with Gasteiger partial charge < -0.3 is 14.2 Å². The molecule has 0 spiro atoms. The van der Waals surface area contributed by atoms with E-state index < -0.39 is 0 Å². The molecule has 0 amide bonds. The summed E-state index contributed by atoms with van der Waals surface area (Å²) in [5.74, 6) is 0. The molecule has 3 heteroatoms. The van der Waals surface area contributed by atoms with E-state index >= 15 is 0 Å². The topological polar surface area (TPSA) is 34.3 Å². The van der Waals surface area contributed by atoms with Gasteiger partial charge in [-0.3, -0.25) is 0 Å². The number of hydrogen-bond acceptors (Lipinski definition) is 3. The predicted octanol–water partition coefficient (Wildman–Crippen LogP) is 4.03. The zero-order valence-electron chi connectivity index (χ0n) is 13.9. The van der Waals surface area contributed by atoms with Gasteiger partial charge in [0.05, 0.1) is 13.2 Å². The van der Waals surface area contributed by atoms with Crippen molar-refractivity contribution in [1.29, 1.82) is 0 Å². The average molecular weight is 294 g/mol. The summed E-state index contributed by atoms with van der Waals surface area (Å²) < 4.78 is 18.1. The SMILES string of the molecule is CC=CC(CCC)(OC(C=CC)(CCC)C1CO1)C1CO1. The Kier molecular flexibility index (Phi) is 5.64. The van der Waals surface area contributed by atoms with Gasteiger partial charge in [-0.25, -0.2) is 0 Å². The van der Waals surface area contributed by atoms with Gasteiger partial charge in [-0.15, -0.1) is 0 Å². The van der Waals surface area contributed by atoms with Crippen LogP contribution in [0.25, 0.3) is 0 Å². The van der Waals surface area contributed by atoms with Crippen LogP contribution in [-0.2, 0) is 14.2 Å². The first-order chi connectivity index (χ1) is 10.2. The molecular formula is C18H30O3. The summed E-state index contributed by atoms with van der Waals surface area (Å²) in [6, 6.07) is 0. The van der Waals surface area contributed by atoms with E-state index in [4.69, 9.17) is 14.2 Å². The summed E-state index contributed by atoms with van der Waals surface area (Å²) in [5, 5.41) is 0. The Labute approximate surface area is 129 Å². The van der Waals surface area contributed by atoms with E-state index in [1.54, 1.807) is 0 Å². The minimum Gasteiger partial charge on any atom is -0.370 e. The number of allylic oxidation sites excluding steroid dienone is 2. The molecule has 0 aromatic heterocycles. The van der Waals surface area contributed by atoms with Crippen molar-refractivity contribution >= 4 is 0 Å². The third kappa shape index (κ3) is 3.77. The maximum Gasteiger partial charge on any atom is 0.116 e. The van der Waals surface area contributed by atoms with Gasteiger partial charge in [0.2, 0.25) is 0 Å². The molecule has 120 valence electrons. The molecule has 0 radical (unpaired) electrons. The van der Waals surface area contributed by atoms with Crippen LogP contribution >= 0.6 is 0 Å². The lowest BCUT2D eigenvalue weighted by Crippen LogP contribution is -2.49. The van der Waals surface area contributed by atoms with E-state index in [-0.39, 0.29) is 23.4 Å². The van der Waals surface area contributed by atoms with Crippen molar-refractivity contribution in [2.24, 2.45) is 0 Å². The van der Waals surface area contributed by atoms with E-state index in [0.717, 1.165) is 38.9 Å². The van der Waals surface area contributed by atoms with Crippen LogP contribution in [0, 0.1) is 0 Å². The van der Waals surface area contributed by atoms with Crippen LogP contribution in [0.4, 0.5) is 0 Å². The second kappa shape index (κ2) is 7.08. The molecule has 0 N–H and O–H groups in total. The van der Waals surface area contributed by atoms with Crippen LogP contribution in [0.1, 0.15) is 53.4 Å². The highest BCUT2D eigenvalue weighted by molar-refractivity contribution is 5.17. The third-order valence-electron chi connectivity index (χ3n) is 4.32. The zero-order valence-corrected chi connectivity index (χ0v) is 13.9. The zero-order chi connectivity index (χ0) is 15.3. The van der Waals surface area contributed by atoms with Gasteiger partial charge in [-0.05, 0) is 26.7 Å². The molecule has 0 aromatic carbocycles. The first-order valence-corrected chi connectivity index (χ1v) is 8.37. The molecule has 3 nitrogen and oxygen atoms in total. The minimum absolute atomic E-state index is 0.189. The first-order valence-electron chi connectivity index (χ1n) is 8.37. The molecule has 0 aromatic rings. The molecule has 0 bridgehead atoms. The molecule has 2 rings (SSSR count). The molecule has 0 saturated carbocycles. The van der Waals surface area contributed by atoms with Crippen molar-refractivity contribution in [3.63, 3.8) is 0 Å². The van der Waals surface area contributed by atoms with E-state index in [2.05, 4.69) is 52.0 Å². The fourth-order valence-corrected chi connectivity index (χ4v) is 3.36. The van der Waals surface area contributed by atoms with Gasteiger partial charge in [0.15, 0.2) is 0 Å². The maximum absolute atomic E-state index is 6.81. The Balaban J connectivity index is 2.29. The second-order valence-corrected chi connectivity index (χ2v) is 6.16. The number of hydrogen-bond donors (Lipinski definition) is 0. The molecule has 2 aliphatic heterocycles. The quantitative estimate of drug-likeness (QED) is 0.450. The number of rotatable bonds is 10. The van der Waals surface area contributed by atoms with Crippen molar-refractivity contribution in [3.05, 3.63) is 24.3 Å². The standard InChI is InChI=1S/C18H30O3/c1-5-9-17(10-6-2,15-13-19-15)21-18(11-7-3,12-8-4)16-14-20-16/h5,7,9,11,15-16H,6,8,10,12-14H2,1-4H3. The molecule has 4 unspecified atom stereocenters. The Morgan fingerprint density at radius 3 is 1.52 bits per heavy atom. The maximum atomic E-state index is 6.81. The van der Waals surface area contributed by atoms with E-state index in [9.17, 15) is 0 Å². The van der Waals surface area contributed by atoms with Crippen molar-refractivity contribution in [1.82, 2.24) is 0 Å². The third-order valence-corrected chi connectivity index (χ3v) is 4.32. The molecule has 2 fully saturated rings. The summed E-state index contributed by atoms with van der Waals surface area (Å²) in [7, 11) is 0. The highest BCUT2D eigenvalue weighted by Crippen LogP contribution is 2.43. The van der Waals surface area contributed by atoms with Gasteiger partial charge in [0.1, 0.15) is 23.4 Å². The Bertz CT molecular complexity index is 346. The lowest BCUT2D eigenvalue weighted by atomic mass is 9.87. The second-order valence-electron chi connectivity index (χ2n) is 6.16. The number of ether oxygens (including phenoxy) is 3. The molecule has 4 atom stereocenters. The van der Waals surface area contributed by atoms with Crippen molar-refractivity contribution < 1.29 is 14.2 Å². The predicted molar refractivity (Wildman–Crippen MR) is 85.5 cm³/mol. The highest BCUT2D eigenvalue weighted by Gasteiger charge is 2.54. The summed E-state index contributed by atoms with van der Waals surface area (Å²) in [5.41, 5.74) is -0.631. The smallest absolute Gasteiger partial charge is 0.116 e. The summed E-state index contributed by atoms with van der Waals surface area (Å²) in [6.07, 6.45) is 13.1. The summed E-state index contributed by atoms with van der Waals surface area (Å²) in [6.45, 7) is 10.1. The van der Waals surface area contributed by atoms with Gasteiger partial charge in [-0.1, -0.05) is 51.0 Å². The monoisotopic (exact) mass is 294 g/mol. The van der Waals surface area contributed by atoms with Crippen LogP contribution < -0.4 is 0 Å². The molecule has 2 saturated heterocycles. The lowest BCUT2D eigenvalue weighted by Gasteiger charge is -2.40. The van der Waals surface area contributed by atoms with Crippen LogP contribution in [0.3, 0.4) is 0 Å². The molecular weight excluding hydrogens is 264 g/mol.